The lowest BCUT2D eigenvalue weighted by Gasteiger charge is -2.13. The number of benzene rings is 5. The van der Waals surface area contributed by atoms with Gasteiger partial charge < -0.3 is 13.9 Å². The molecular weight excluding hydrogens is 520 g/mol. The van der Waals surface area contributed by atoms with E-state index in [1.54, 1.807) is 6.21 Å². The molecule has 0 saturated carbocycles. The van der Waals surface area contributed by atoms with E-state index in [1.807, 2.05) is 104 Å². The minimum absolute atomic E-state index is 0.254. The fraction of sp³-hybridized carbons (Fsp3) is 0.0811. The molecule has 1 heterocycles. The van der Waals surface area contributed by atoms with E-state index in [1.165, 1.54) is 10.8 Å². The molecule has 5 nitrogen and oxygen atoms in total. The number of hydrogen-bond acceptors (Lipinski definition) is 5. The van der Waals surface area contributed by atoms with Gasteiger partial charge >= 0.3 is 0 Å². The van der Waals surface area contributed by atoms with Crippen LogP contribution in [0.1, 0.15) is 23.6 Å². The van der Waals surface area contributed by atoms with Crippen LogP contribution in [0.3, 0.4) is 0 Å². The predicted molar refractivity (Wildman–Crippen MR) is 167 cm³/mol. The van der Waals surface area contributed by atoms with Crippen molar-refractivity contribution in [1.29, 1.82) is 5.26 Å². The summed E-state index contributed by atoms with van der Waals surface area (Å²) >= 11 is 0. The lowest BCUT2D eigenvalue weighted by molar-refractivity contribution is 0.270. The van der Waals surface area contributed by atoms with E-state index in [4.69, 9.17) is 13.9 Å². The van der Waals surface area contributed by atoms with Crippen LogP contribution in [0.4, 0.5) is 5.88 Å². The first-order valence-corrected chi connectivity index (χ1v) is 13.8. The maximum absolute atomic E-state index is 10.2. The summed E-state index contributed by atoms with van der Waals surface area (Å²) < 4.78 is 18.4. The van der Waals surface area contributed by atoms with Crippen molar-refractivity contribution in [2.24, 2.45) is 4.99 Å². The minimum atomic E-state index is 0.254. The second-order valence-electron chi connectivity index (χ2n) is 9.65. The fourth-order valence-corrected chi connectivity index (χ4v) is 4.99. The number of aliphatic imine (C=N–C) groups is 1. The third-order valence-electron chi connectivity index (χ3n) is 6.96. The van der Waals surface area contributed by atoms with Crippen LogP contribution in [0.15, 0.2) is 131 Å². The van der Waals surface area contributed by atoms with Crippen molar-refractivity contribution in [3.05, 3.63) is 138 Å². The zero-order chi connectivity index (χ0) is 28.7. The molecule has 1 aromatic heterocycles. The van der Waals surface area contributed by atoms with Gasteiger partial charge in [0.05, 0.1) is 6.61 Å². The monoisotopic (exact) mass is 548 g/mol. The quantitative estimate of drug-likeness (QED) is 0.169. The third kappa shape index (κ3) is 5.52. The Morgan fingerprint density at radius 2 is 1.48 bits per heavy atom. The van der Waals surface area contributed by atoms with Crippen molar-refractivity contribution in [2.45, 2.75) is 13.5 Å². The Balaban J connectivity index is 1.31. The molecule has 0 unspecified atom stereocenters. The summed E-state index contributed by atoms with van der Waals surface area (Å²) in [4.78, 5) is 4.63. The lowest BCUT2D eigenvalue weighted by Crippen LogP contribution is -2.01. The Kier molecular flexibility index (Phi) is 7.78. The topological polar surface area (TPSA) is 67.8 Å². The van der Waals surface area contributed by atoms with E-state index in [-0.39, 0.29) is 5.88 Å². The van der Waals surface area contributed by atoms with Gasteiger partial charge in [-0.05, 0) is 52.6 Å². The molecule has 0 aliphatic carbocycles. The highest BCUT2D eigenvalue weighted by Gasteiger charge is 2.22. The number of hydrogen-bond donors (Lipinski definition) is 0. The SMILES string of the molecule is CCOc1cc(C=Nc2oc(-c3ccccc3)c(-c3ccccc3)c2C#N)ccc1OCc1cccc2ccccc12. The van der Waals surface area contributed by atoms with Gasteiger partial charge in [0.2, 0.25) is 5.88 Å². The van der Waals surface area contributed by atoms with Crippen LogP contribution in [-0.4, -0.2) is 12.8 Å². The molecule has 0 aliphatic rings. The molecule has 0 spiro atoms. The van der Waals surface area contributed by atoms with E-state index in [9.17, 15) is 5.26 Å². The first-order valence-electron chi connectivity index (χ1n) is 13.8. The first kappa shape index (κ1) is 26.6. The zero-order valence-corrected chi connectivity index (χ0v) is 23.2. The van der Waals surface area contributed by atoms with Gasteiger partial charge in [-0.15, -0.1) is 0 Å². The number of fused-ring (bicyclic) bond motifs is 1. The average molecular weight is 549 g/mol. The number of nitrogens with zero attached hydrogens (tertiary/aromatic N) is 2. The van der Waals surface area contributed by atoms with Gasteiger partial charge in [0.15, 0.2) is 11.5 Å². The maximum Gasteiger partial charge on any atom is 0.238 e. The van der Waals surface area contributed by atoms with Crippen molar-refractivity contribution in [3.63, 3.8) is 0 Å². The Morgan fingerprint density at radius 1 is 0.762 bits per heavy atom. The van der Waals surface area contributed by atoms with Crippen LogP contribution in [0.25, 0.3) is 33.2 Å². The van der Waals surface area contributed by atoms with E-state index in [0.717, 1.165) is 27.8 Å². The van der Waals surface area contributed by atoms with Crippen molar-refractivity contribution in [2.75, 3.05) is 6.61 Å². The molecule has 204 valence electrons. The van der Waals surface area contributed by atoms with Crippen molar-refractivity contribution >= 4 is 22.9 Å². The van der Waals surface area contributed by atoms with Crippen LogP contribution in [0.2, 0.25) is 0 Å². The second-order valence-corrected chi connectivity index (χ2v) is 9.65. The fourth-order valence-electron chi connectivity index (χ4n) is 4.99. The summed E-state index contributed by atoms with van der Waals surface area (Å²) in [7, 11) is 0. The van der Waals surface area contributed by atoms with Gasteiger partial charge in [0.1, 0.15) is 24.0 Å². The van der Waals surface area contributed by atoms with Crippen molar-refractivity contribution in [1.82, 2.24) is 0 Å². The van der Waals surface area contributed by atoms with Gasteiger partial charge in [-0.2, -0.15) is 5.26 Å². The molecule has 0 fully saturated rings. The van der Waals surface area contributed by atoms with E-state index >= 15 is 0 Å². The van der Waals surface area contributed by atoms with Crippen LogP contribution in [-0.2, 0) is 6.61 Å². The zero-order valence-electron chi connectivity index (χ0n) is 23.2. The second kappa shape index (κ2) is 12.3. The summed E-state index contributed by atoms with van der Waals surface area (Å²) in [6, 6.07) is 42.0. The van der Waals surface area contributed by atoms with Crippen molar-refractivity contribution < 1.29 is 13.9 Å². The molecule has 42 heavy (non-hydrogen) atoms. The largest absolute Gasteiger partial charge is 0.490 e. The molecule has 5 heteroatoms. The predicted octanol–water partition coefficient (Wildman–Crippen LogP) is 9.37. The van der Waals surface area contributed by atoms with Crippen LogP contribution in [0.5, 0.6) is 11.5 Å². The molecule has 6 rings (SSSR count). The molecule has 5 aromatic carbocycles. The van der Waals surface area contributed by atoms with Gasteiger partial charge in [-0.1, -0.05) is 103 Å². The molecule has 6 aromatic rings. The molecule has 0 N–H and O–H groups in total. The first-order chi connectivity index (χ1) is 20.7. The third-order valence-corrected chi connectivity index (χ3v) is 6.96. The number of rotatable bonds is 9. The van der Waals surface area contributed by atoms with Gasteiger partial charge in [-0.3, -0.25) is 0 Å². The highest BCUT2D eigenvalue weighted by Crippen LogP contribution is 2.42. The molecule has 0 bridgehead atoms. The summed E-state index contributed by atoms with van der Waals surface area (Å²) in [6.07, 6.45) is 1.68. The maximum atomic E-state index is 10.2. The normalized spacial score (nSPS) is 11.0. The van der Waals surface area contributed by atoms with Crippen LogP contribution < -0.4 is 9.47 Å². The van der Waals surface area contributed by atoms with E-state index in [2.05, 4.69) is 35.3 Å². The minimum Gasteiger partial charge on any atom is -0.490 e. The standard InChI is InChI=1S/C37H28N2O3/c1-2-40-34-22-26(20-21-33(34)41-25-30-18-11-17-27-12-9-10-19-31(27)30)24-39-37-32(23-38)35(28-13-5-3-6-14-28)36(42-37)29-15-7-4-8-16-29/h3-22,24H,2,25H2,1H3. The number of nitriles is 1. The van der Waals surface area contributed by atoms with E-state index < -0.39 is 0 Å². The Hall–Kier alpha value is -5.60. The summed E-state index contributed by atoms with van der Waals surface area (Å²) in [6.45, 7) is 2.84. The highest BCUT2D eigenvalue weighted by molar-refractivity contribution is 5.90. The van der Waals surface area contributed by atoms with Gasteiger partial charge in [-0.25, -0.2) is 4.99 Å². The Bertz CT molecular complexity index is 1900. The Labute approximate surface area is 244 Å². The molecule has 0 radical (unpaired) electrons. The van der Waals surface area contributed by atoms with E-state index in [0.29, 0.717) is 36.0 Å². The molecule has 0 atom stereocenters. The summed E-state index contributed by atoms with van der Waals surface area (Å²) in [5.74, 6) is 2.13. The highest BCUT2D eigenvalue weighted by atomic mass is 16.5. The molecule has 0 aliphatic heterocycles. The molecule has 0 amide bonds. The lowest BCUT2D eigenvalue weighted by atomic mass is 9.98. The van der Waals surface area contributed by atoms with Crippen LogP contribution in [0, 0.1) is 11.3 Å². The molecule has 0 saturated heterocycles. The smallest absolute Gasteiger partial charge is 0.238 e. The number of ether oxygens (including phenoxy) is 2. The Morgan fingerprint density at radius 3 is 2.24 bits per heavy atom. The van der Waals surface area contributed by atoms with Gasteiger partial charge in [0, 0.05) is 17.3 Å². The number of furan rings is 1. The summed E-state index contributed by atoms with van der Waals surface area (Å²) in [5.41, 5.74) is 4.77. The van der Waals surface area contributed by atoms with Gasteiger partial charge in [0.25, 0.3) is 0 Å². The van der Waals surface area contributed by atoms with Crippen molar-refractivity contribution in [3.8, 4) is 40.0 Å². The summed E-state index contributed by atoms with van der Waals surface area (Å²) in [5, 5.41) is 12.5. The average Bonchev–Trinajstić information content (AvgIpc) is 3.43. The van der Waals surface area contributed by atoms with Crippen LogP contribution >= 0.6 is 0 Å². The molecular formula is C37H28N2O3.